The van der Waals surface area contributed by atoms with Crippen LogP contribution in [0.15, 0.2) is 18.3 Å². The zero-order chi connectivity index (χ0) is 13.8. The Balaban J connectivity index is 1.90. The molecule has 106 valence electrons. The third-order valence-electron chi connectivity index (χ3n) is 4.06. The number of hydrogen-bond acceptors (Lipinski definition) is 4. The third-order valence-corrected chi connectivity index (χ3v) is 4.06. The molecule has 1 fully saturated rings. The molecule has 0 spiro atoms. The first kappa shape index (κ1) is 14.3. The van der Waals surface area contributed by atoms with E-state index in [1.165, 1.54) is 25.9 Å². The largest absolute Gasteiger partial charge is 0.359 e. The minimum absolute atomic E-state index is 0.0562. The number of nitrogens with zero attached hydrogens (tertiary/aromatic N) is 3. The molecule has 19 heavy (non-hydrogen) atoms. The van der Waals surface area contributed by atoms with Crippen molar-refractivity contribution in [1.29, 1.82) is 0 Å². The van der Waals surface area contributed by atoms with E-state index < -0.39 is 0 Å². The fourth-order valence-electron chi connectivity index (χ4n) is 2.62. The van der Waals surface area contributed by atoms with E-state index in [2.05, 4.69) is 41.0 Å². The number of piperidine rings is 1. The summed E-state index contributed by atoms with van der Waals surface area (Å²) in [5.74, 6) is 1.83. The lowest BCUT2D eigenvalue weighted by molar-refractivity contribution is 0.222. The minimum Gasteiger partial charge on any atom is -0.359 e. The number of rotatable bonds is 4. The van der Waals surface area contributed by atoms with Gasteiger partial charge in [-0.05, 0) is 57.5 Å². The monoisotopic (exact) mass is 262 g/mol. The maximum atomic E-state index is 5.84. The van der Waals surface area contributed by atoms with Crippen molar-refractivity contribution in [3.8, 4) is 0 Å². The van der Waals surface area contributed by atoms with Crippen LogP contribution in [0, 0.1) is 5.92 Å². The van der Waals surface area contributed by atoms with Crippen molar-refractivity contribution in [2.75, 3.05) is 38.6 Å². The van der Waals surface area contributed by atoms with Gasteiger partial charge in [-0.2, -0.15) is 0 Å². The van der Waals surface area contributed by atoms with Gasteiger partial charge in [0.25, 0.3) is 0 Å². The second-order valence-corrected chi connectivity index (χ2v) is 5.87. The first-order valence-corrected chi connectivity index (χ1v) is 7.17. The maximum absolute atomic E-state index is 5.84. The van der Waals surface area contributed by atoms with Gasteiger partial charge < -0.3 is 15.5 Å². The van der Waals surface area contributed by atoms with Crippen LogP contribution in [0.3, 0.4) is 0 Å². The SMILES string of the molecule is C[C@@H](N)c1ccc(N(C)CC2CCN(C)CC2)nc1. The quantitative estimate of drug-likeness (QED) is 0.900. The third kappa shape index (κ3) is 3.91. The summed E-state index contributed by atoms with van der Waals surface area (Å²) in [5, 5.41) is 0. The van der Waals surface area contributed by atoms with Crippen LogP contribution in [-0.2, 0) is 0 Å². The Bertz CT molecular complexity index is 380. The van der Waals surface area contributed by atoms with Gasteiger partial charge in [-0.3, -0.25) is 0 Å². The van der Waals surface area contributed by atoms with E-state index in [0.29, 0.717) is 0 Å². The number of hydrogen-bond donors (Lipinski definition) is 1. The van der Waals surface area contributed by atoms with Gasteiger partial charge in [0.2, 0.25) is 0 Å². The molecule has 0 aliphatic carbocycles. The molecule has 2 rings (SSSR count). The molecule has 1 aliphatic heterocycles. The van der Waals surface area contributed by atoms with Gasteiger partial charge in [0.05, 0.1) is 0 Å². The Labute approximate surface area is 116 Å². The molecule has 2 N–H and O–H groups in total. The Morgan fingerprint density at radius 3 is 2.63 bits per heavy atom. The first-order valence-electron chi connectivity index (χ1n) is 7.17. The molecule has 1 aliphatic rings. The number of pyridine rings is 1. The van der Waals surface area contributed by atoms with Gasteiger partial charge in [0.1, 0.15) is 5.82 Å². The summed E-state index contributed by atoms with van der Waals surface area (Å²) in [6.07, 6.45) is 4.47. The Hall–Kier alpha value is -1.13. The lowest BCUT2D eigenvalue weighted by Gasteiger charge is -2.32. The van der Waals surface area contributed by atoms with Crippen molar-refractivity contribution in [2.45, 2.75) is 25.8 Å². The Kier molecular flexibility index (Phi) is 4.77. The van der Waals surface area contributed by atoms with Crippen LogP contribution in [0.5, 0.6) is 0 Å². The highest BCUT2D eigenvalue weighted by Crippen LogP contribution is 2.20. The van der Waals surface area contributed by atoms with Crippen LogP contribution < -0.4 is 10.6 Å². The predicted octanol–water partition coefficient (Wildman–Crippen LogP) is 1.88. The van der Waals surface area contributed by atoms with Crippen LogP contribution in [0.1, 0.15) is 31.4 Å². The van der Waals surface area contributed by atoms with E-state index in [1.54, 1.807) is 0 Å². The van der Waals surface area contributed by atoms with Gasteiger partial charge in [-0.1, -0.05) is 6.07 Å². The molecule has 0 saturated carbocycles. The van der Waals surface area contributed by atoms with Crippen molar-refractivity contribution in [2.24, 2.45) is 11.7 Å². The fraction of sp³-hybridized carbons (Fsp3) is 0.667. The van der Waals surface area contributed by atoms with E-state index in [4.69, 9.17) is 5.73 Å². The zero-order valence-corrected chi connectivity index (χ0v) is 12.3. The van der Waals surface area contributed by atoms with Crippen LogP contribution >= 0.6 is 0 Å². The van der Waals surface area contributed by atoms with Crippen LogP contribution in [0.4, 0.5) is 5.82 Å². The fourth-order valence-corrected chi connectivity index (χ4v) is 2.62. The molecule has 4 nitrogen and oxygen atoms in total. The smallest absolute Gasteiger partial charge is 0.128 e. The second-order valence-electron chi connectivity index (χ2n) is 5.87. The molecule has 0 aromatic carbocycles. The van der Waals surface area contributed by atoms with Gasteiger partial charge >= 0.3 is 0 Å². The zero-order valence-electron chi connectivity index (χ0n) is 12.3. The molecule has 1 saturated heterocycles. The lowest BCUT2D eigenvalue weighted by atomic mass is 9.97. The highest BCUT2D eigenvalue weighted by atomic mass is 15.2. The number of likely N-dealkylation sites (tertiary alicyclic amines) is 1. The average Bonchev–Trinajstić information content (AvgIpc) is 2.41. The highest BCUT2D eigenvalue weighted by molar-refractivity contribution is 5.38. The van der Waals surface area contributed by atoms with Crippen LogP contribution in [0.25, 0.3) is 0 Å². The van der Waals surface area contributed by atoms with Gasteiger partial charge in [0.15, 0.2) is 0 Å². The summed E-state index contributed by atoms with van der Waals surface area (Å²) in [6, 6.07) is 4.21. The molecule has 0 radical (unpaired) electrons. The molecule has 0 amide bonds. The van der Waals surface area contributed by atoms with Gasteiger partial charge in [0, 0.05) is 25.8 Å². The van der Waals surface area contributed by atoms with E-state index >= 15 is 0 Å². The molecule has 0 unspecified atom stereocenters. The molecule has 4 heteroatoms. The topological polar surface area (TPSA) is 45.4 Å². The molecular weight excluding hydrogens is 236 g/mol. The summed E-state index contributed by atoms with van der Waals surface area (Å²) in [7, 11) is 4.33. The summed E-state index contributed by atoms with van der Waals surface area (Å²) in [4.78, 5) is 9.19. The Morgan fingerprint density at radius 1 is 1.42 bits per heavy atom. The first-order chi connectivity index (χ1) is 9.06. The van der Waals surface area contributed by atoms with Crippen LogP contribution in [0.2, 0.25) is 0 Å². The minimum atomic E-state index is 0.0562. The Morgan fingerprint density at radius 2 is 2.11 bits per heavy atom. The summed E-state index contributed by atoms with van der Waals surface area (Å²) in [5.41, 5.74) is 6.94. The van der Waals surface area contributed by atoms with E-state index in [9.17, 15) is 0 Å². The van der Waals surface area contributed by atoms with Crippen molar-refractivity contribution in [3.05, 3.63) is 23.9 Å². The molecule has 1 aromatic heterocycles. The van der Waals surface area contributed by atoms with E-state index in [-0.39, 0.29) is 6.04 Å². The van der Waals surface area contributed by atoms with E-state index in [1.807, 2.05) is 13.1 Å². The molecule has 2 heterocycles. The molecule has 0 bridgehead atoms. The maximum Gasteiger partial charge on any atom is 0.128 e. The van der Waals surface area contributed by atoms with Crippen molar-refractivity contribution >= 4 is 5.82 Å². The van der Waals surface area contributed by atoms with Crippen LogP contribution in [-0.4, -0.2) is 43.6 Å². The number of anilines is 1. The van der Waals surface area contributed by atoms with E-state index in [0.717, 1.165) is 23.8 Å². The lowest BCUT2D eigenvalue weighted by Crippen LogP contribution is -2.35. The molecule has 1 atom stereocenters. The molecular formula is C15H26N4. The number of nitrogens with two attached hydrogens (primary N) is 1. The highest BCUT2D eigenvalue weighted by Gasteiger charge is 2.18. The normalized spacial score (nSPS) is 19.4. The second kappa shape index (κ2) is 6.35. The molecule has 1 aromatic rings. The standard InChI is InChI=1S/C15H26N4/c1-12(16)14-4-5-15(17-10-14)19(3)11-13-6-8-18(2)9-7-13/h4-5,10,12-13H,6-9,11,16H2,1-3H3/t12-/m1/s1. The average molecular weight is 262 g/mol. The van der Waals surface area contributed by atoms with Crippen molar-refractivity contribution < 1.29 is 0 Å². The van der Waals surface area contributed by atoms with Gasteiger partial charge in [-0.25, -0.2) is 4.98 Å². The summed E-state index contributed by atoms with van der Waals surface area (Å²) in [6.45, 7) is 5.52. The van der Waals surface area contributed by atoms with Gasteiger partial charge in [-0.15, -0.1) is 0 Å². The van der Waals surface area contributed by atoms with Crippen molar-refractivity contribution in [3.63, 3.8) is 0 Å². The predicted molar refractivity (Wildman–Crippen MR) is 80.3 cm³/mol. The number of aromatic nitrogens is 1. The summed E-state index contributed by atoms with van der Waals surface area (Å²) < 4.78 is 0. The van der Waals surface area contributed by atoms with Crippen molar-refractivity contribution in [1.82, 2.24) is 9.88 Å². The summed E-state index contributed by atoms with van der Waals surface area (Å²) >= 11 is 0.